The first-order chi connectivity index (χ1) is 15.4. The topological polar surface area (TPSA) is 75.1 Å². The Bertz CT molecular complexity index is 1150. The van der Waals surface area contributed by atoms with E-state index in [1.54, 1.807) is 38.5 Å². The van der Waals surface area contributed by atoms with Crippen LogP contribution in [0.3, 0.4) is 0 Å². The van der Waals surface area contributed by atoms with Gasteiger partial charge in [-0.3, -0.25) is 4.79 Å². The van der Waals surface area contributed by atoms with E-state index in [1.807, 2.05) is 6.07 Å². The van der Waals surface area contributed by atoms with Crippen LogP contribution in [0.1, 0.15) is 27.9 Å². The predicted octanol–water partition coefficient (Wildman–Crippen LogP) is 2.38. The SMILES string of the molecule is CN(C)C(=O)c1cccnc1O[C@H]1C=C[C@H]2[C@H]3Cc4ccc(O)c5c4[C@@]2(CCN3C)[C@H]1O5. The lowest BCUT2D eigenvalue weighted by Crippen LogP contribution is -2.65. The van der Waals surface area contributed by atoms with Crippen LogP contribution in [0.5, 0.6) is 17.4 Å². The van der Waals surface area contributed by atoms with Crippen molar-refractivity contribution in [1.82, 2.24) is 14.8 Å². The fourth-order valence-electron chi connectivity index (χ4n) is 6.34. The largest absolute Gasteiger partial charge is 0.504 e. The summed E-state index contributed by atoms with van der Waals surface area (Å²) in [6, 6.07) is 7.65. The molecule has 5 atom stereocenters. The van der Waals surface area contributed by atoms with Gasteiger partial charge in [0, 0.05) is 43.2 Å². The summed E-state index contributed by atoms with van der Waals surface area (Å²) in [5.41, 5.74) is 2.58. The predicted molar refractivity (Wildman–Crippen MR) is 118 cm³/mol. The molecule has 7 nitrogen and oxygen atoms in total. The van der Waals surface area contributed by atoms with Crippen LogP contribution < -0.4 is 9.47 Å². The highest BCUT2D eigenvalue weighted by Gasteiger charge is 2.65. The van der Waals surface area contributed by atoms with E-state index in [0.29, 0.717) is 23.2 Å². The van der Waals surface area contributed by atoms with Crippen LogP contribution in [0, 0.1) is 5.92 Å². The summed E-state index contributed by atoms with van der Waals surface area (Å²) in [6.45, 7) is 0.962. The molecule has 7 heteroatoms. The van der Waals surface area contributed by atoms with Crippen molar-refractivity contribution in [2.45, 2.75) is 36.5 Å². The van der Waals surface area contributed by atoms with Crippen LogP contribution in [-0.2, 0) is 11.8 Å². The molecule has 4 aliphatic rings. The summed E-state index contributed by atoms with van der Waals surface area (Å²) in [7, 11) is 5.62. The summed E-state index contributed by atoms with van der Waals surface area (Å²) >= 11 is 0. The van der Waals surface area contributed by atoms with Gasteiger partial charge in [0.1, 0.15) is 11.7 Å². The summed E-state index contributed by atoms with van der Waals surface area (Å²) in [5.74, 6) is 1.22. The van der Waals surface area contributed by atoms with Gasteiger partial charge in [-0.1, -0.05) is 12.1 Å². The summed E-state index contributed by atoms with van der Waals surface area (Å²) < 4.78 is 12.9. The smallest absolute Gasteiger partial charge is 0.258 e. The Kier molecular flexibility index (Phi) is 4.12. The maximum atomic E-state index is 12.7. The van der Waals surface area contributed by atoms with Gasteiger partial charge >= 0.3 is 0 Å². The van der Waals surface area contributed by atoms with Crippen LogP contribution in [0.25, 0.3) is 0 Å². The minimum absolute atomic E-state index is 0.156. The number of benzene rings is 1. The second kappa shape index (κ2) is 6.72. The zero-order valence-electron chi connectivity index (χ0n) is 18.5. The number of carbonyl (C=O) groups is 1. The van der Waals surface area contributed by atoms with Gasteiger partial charge in [-0.15, -0.1) is 0 Å². The van der Waals surface area contributed by atoms with Crippen molar-refractivity contribution in [3.05, 3.63) is 59.3 Å². The standard InChI is InChI=1S/C25H27N3O4/c1-27(2)24(30)15-5-4-11-26-23(15)31-19-9-7-16-17-13-14-6-8-18(29)21-20(14)25(16,22(19)32-21)10-12-28(17)3/h4-9,11,16-17,19,22,29H,10,12-13H2,1-3H3/t16-,17+,19-,22-,25-/m0/s1. The van der Waals surface area contributed by atoms with E-state index >= 15 is 0 Å². The molecular formula is C25H27N3O4. The maximum Gasteiger partial charge on any atom is 0.258 e. The van der Waals surface area contributed by atoms with Crippen molar-refractivity contribution >= 4 is 5.91 Å². The molecule has 0 saturated carbocycles. The lowest BCUT2D eigenvalue weighted by molar-refractivity contribution is -0.0393. The minimum atomic E-state index is -0.420. The number of carbonyl (C=O) groups excluding carboxylic acids is 1. The number of hydrogen-bond donors (Lipinski definition) is 1. The fraction of sp³-hybridized carbons (Fsp3) is 0.440. The van der Waals surface area contributed by atoms with Crippen molar-refractivity contribution in [1.29, 1.82) is 0 Å². The van der Waals surface area contributed by atoms with Crippen molar-refractivity contribution in [2.24, 2.45) is 5.92 Å². The maximum absolute atomic E-state index is 12.7. The minimum Gasteiger partial charge on any atom is -0.504 e. The number of ether oxygens (including phenoxy) is 2. The number of piperidine rings is 1. The van der Waals surface area contributed by atoms with E-state index < -0.39 is 6.10 Å². The molecular weight excluding hydrogens is 406 g/mol. The third-order valence-electron chi connectivity index (χ3n) is 7.79. The van der Waals surface area contributed by atoms with Crippen molar-refractivity contribution in [3.8, 4) is 17.4 Å². The quantitative estimate of drug-likeness (QED) is 0.750. The number of nitrogens with zero attached hydrogens (tertiary/aromatic N) is 3. The molecule has 6 rings (SSSR count). The Labute approximate surface area is 187 Å². The number of hydrogen-bond acceptors (Lipinski definition) is 6. The molecule has 32 heavy (non-hydrogen) atoms. The average molecular weight is 434 g/mol. The number of phenolic OH excluding ortho intramolecular Hbond substituents is 1. The number of phenols is 1. The van der Waals surface area contributed by atoms with E-state index in [1.165, 1.54) is 10.5 Å². The van der Waals surface area contributed by atoms with E-state index in [4.69, 9.17) is 9.47 Å². The van der Waals surface area contributed by atoms with Crippen molar-refractivity contribution in [3.63, 3.8) is 0 Å². The molecule has 1 aromatic carbocycles. The van der Waals surface area contributed by atoms with Crippen LogP contribution in [0.2, 0.25) is 0 Å². The number of aromatic hydroxyl groups is 1. The van der Waals surface area contributed by atoms with Gasteiger partial charge < -0.3 is 24.4 Å². The van der Waals surface area contributed by atoms with Gasteiger partial charge in [0.15, 0.2) is 17.6 Å². The molecule has 1 N–H and O–H groups in total. The van der Waals surface area contributed by atoms with E-state index in [0.717, 1.165) is 24.9 Å². The first-order valence-corrected chi connectivity index (χ1v) is 11.2. The fourth-order valence-corrected chi connectivity index (χ4v) is 6.34. The number of likely N-dealkylation sites (tertiary alicyclic amines) is 1. The molecule has 3 heterocycles. The molecule has 0 unspecified atom stereocenters. The Morgan fingerprint density at radius 1 is 1.31 bits per heavy atom. The molecule has 1 spiro atoms. The van der Waals surface area contributed by atoms with Crippen molar-refractivity contribution < 1.29 is 19.4 Å². The third kappa shape index (κ3) is 2.45. The molecule has 1 fully saturated rings. The Morgan fingerprint density at radius 3 is 2.97 bits per heavy atom. The zero-order valence-corrected chi connectivity index (χ0v) is 18.5. The van der Waals surface area contributed by atoms with Crippen LogP contribution >= 0.6 is 0 Å². The normalized spacial score (nSPS) is 31.6. The molecule has 1 saturated heterocycles. The van der Waals surface area contributed by atoms with Gasteiger partial charge in [-0.25, -0.2) is 4.98 Å². The van der Waals surface area contributed by atoms with Gasteiger partial charge in [0.25, 0.3) is 5.91 Å². The van der Waals surface area contributed by atoms with E-state index in [2.05, 4.69) is 29.1 Å². The van der Waals surface area contributed by atoms with Gasteiger partial charge in [-0.05, 0) is 56.3 Å². The molecule has 1 aromatic heterocycles. The summed E-state index contributed by atoms with van der Waals surface area (Å²) in [4.78, 5) is 21.0. The first kappa shape index (κ1) is 19.6. The highest BCUT2D eigenvalue weighted by molar-refractivity contribution is 5.96. The number of pyridine rings is 1. The van der Waals surface area contributed by atoms with E-state index in [-0.39, 0.29) is 29.1 Å². The Balaban J connectivity index is 1.45. The molecule has 2 aliphatic heterocycles. The molecule has 2 bridgehead atoms. The number of amides is 1. The summed E-state index contributed by atoms with van der Waals surface area (Å²) in [6.07, 6.45) is 7.12. The Hall–Kier alpha value is -3.06. The molecule has 166 valence electrons. The third-order valence-corrected chi connectivity index (χ3v) is 7.79. The molecule has 2 aromatic rings. The van der Waals surface area contributed by atoms with E-state index in [9.17, 15) is 9.90 Å². The monoisotopic (exact) mass is 433 g/mol. The number of aromatic nitrogens is 1. The van der Waals surface area contributed by atoms with Crippen LogP contribution in [0.4, 0.5) is 0 Å². The second-order valence-corrected chi connectivity index (χ2v) is 9.58. The zero-order chi connectivity index (χ0) is 22.2. The van der Waals surface area contributed by atoms with Gasteiger partial charge in [0.2, 0.25) is 5.88 Å². The number of rotatable bonds is 3. The highest BCUT2D eigenvalue weighted by Crippen LogP contribution is 2.62. The highest BCUT2D eigenvalue weighted by atomic mass is 16.6. The molecule has 2 aliphatic carbocycles. The number of likely N-dealkylation sites (N-methyl/N-ethyl adjacent to an activating group) is 1. The van der Waals surface area contributed by atoms with Gasteiger partial charge in [0.05, 0.1) is 0 Å². The van der Waals surface area contributed by atoms with Gasteiger partial charge in [-0.2, -0.15) is 0 Å². The molecule has 1 amide bonds. The molecule has 0 radical (unpaired) electrons. The summed E-state index contributed by atoms with van der Waals surface area (Å²) in [5, 5.41) is 10.7. The average Bonchev–Trinajstić information content (AvgIpc) is 3.14. The first-order valence-electron chi connectivity index (χ1n) is 11.2. The van der Waals surface area contributed by atoms with Crippen molar-refractivity contribution in [2.75, 3.05) is 27.7 Å². The van der Waals surface area contributed by atoms with Crippen LogP contribution in [0.15, 0.2) is 42.6 Å². The Morgan fingerprint density at radius 2 is 2.16 bits per heavy atom. The second-order valence-electron chi connectivity index (χ2n) is 9.58. The lowest BCUT2D eigenvalue weighted by atomic mass is 9.53. The van der Waals surface area contributed by atoms with Crippen LogP contribution in [-0.4, -0.2) is 71.7 Å². The lowest BCUT2D eigenvalue weighted by Gasteiger charge is -2.56.